The number of hydrogen-bond donors (Lipinski definition) is 1. The van der Waals surface area contributed by atoms with Crippen LogP contribution in [0.3, 0.4) is 0 Å². The van der Waals surface area contributed by atoms with E-state index in [-0.39, 0.29) is 23.7 Å². The molecular formula is C13H11FO4. The molecular weight excluding hydrogens is 239 g/mol. The molecule has 0 atom stereocenters. The van der Waals surface area contributed by atoms with Crippen LogP contribution in [-0.4, -0.2) is 11.1 Å². The number of furan rings is 1. The van der Waals surface area contributed by atoms with E-state index in [2.05, 4.69) is 0 Å². The molecule has 5 heteroatoms. The number of rotatable bonds is 4. The average molecular weight is 250 g/mol. The van der Waals surface area contributed by atoms with Crippen molar-refractivity contribution in [1.82, 2.24) is 0 Å². The van der Waals surface area contributed by atoms with E-state index >= 15 is 0 Å². The maximum Gasteiger partial charge on any atom is 0.339 e. The van der Waals surface area contributed by atoms with Gasteiger partial charge in [-0.25, -0.2) is 9.18 Å². The largest absolute Gasteiger partial charge is 0.486 e. The molecule has 0 bridgehead atoms. The van der Waals surface area contributed by atoms with Gasteiger partial charge < -0.3 is 14.3 Å². The van der Waals surface area contributed by atoms with Crippen molar-refractivity contribution in [1.29, 1.82) is 0 Å². The quantitative estimate of drug-likeness (QED) is 0.906. The Morgan fingerprint density at radius 1 is 1.44 bits per heavy atom. The molecule has 0 aliphatic rings. The van der Waals surface area contributed by atoms with Gasteiger partial charge >= 0.3 is 5.97 Å². The fourth-order valence-corrected chi connectivity index (χ4v) is 1.46. The lowest BCUT2D eigenvalue weighted by Crippen LogP contribution is -2.02. The number of aryl methyl sites for hydroxylation is 1. The van der Waals surface area contributed by atoms with Crippen LogP contribution >= 0.6 is 0 Å². The number of hydrogen-bond acceptors (Lipinski definition) is 3. The predicted octanol–water partition coefficient (Wildman–Crippen LogP) is 3.00. The Kier molecular flexibility index (Phi) is 3.32. The van der Waals surface area contributed by atoms with Gasteiger partial charge in [-0.2, -0.15) is 0 Å². The van der Waals surface area contributed by atoms with Crippen LogP contribution in [0.15, 0.2) is 34.9 Å². The van der Waals surface area contributed by atoms with E-state index in [1.165, 1.54) is 18.4 Å². The highest BCUT2D eigenvalue weighted by Gasteiger charge is 2.13. The van der Waals surface area contributed by atoms with Crippen LogP contribution in [0.1, 0.15) is 21.7 Å². The van der Waals surface area contributed by atoms with Crippen LogP contribution in [0.2, 0.25) is 0 Å². The van der Waals surface area contributed by atoms with Crippen molar-refractivity contribution in [2.24, 2.45) is 0 Å². The molecule has 0 fully saturated rings. The van der Waals surface area contributed by atoms with Gasteiger partial charge in [-0.1, -0.05) is 6.07 Å². The van der Waals surface area contributed by atoms with Crippen molar-refractivity contribution in [3.63, 3.8) is 0 Å². The summed E-state index contributed by atoms with van der Waals surface area (Å²) in [6, 6.07) is 5.79. The molecule has 1 heterocycles. The van der Waals surface area contributed by atoms with E-state index in [0.717, 1.165) is 0 Å². The molecule has 0 radical (unpaired) electrons. The molecule has 0 saturated heterocycles. The predicted molar refractivity (Wildman–Crippen MR) is 61.1 cm³/mol. The molecule has 1 aromatic carbocycles. The molecule has 1 N–H and O–H groups in total. The zero-order chi connectivity index (χ0) is 13.1. The standard InChI is InChI=1S/C13H11FO4/c1-8-2-3-9(6-11(8)14)18-7-12-10(13(15)16)4-5-17-12/h2-6H,7H2,1H3,(H,15,16). The van der Waals surface area contributed by atoms with E-state index in [4.69, 9.17) is 14.3 Å². The summed E-state index contributed by atoms with van der Waals surface area (Å²) in [5, 5.41) is 8.86. The molecule has 0 amide bonds. The highest BCUT2D eigenvalue weighted by molar-refractivity contribution is 5.88. The van der Waals surface area contributed by atoms with Gasteiger partial charge in [0.05, 0.1) is 6.26 Å². The lowest BCUT2D eigenvalue weighted by Gasteiger charge is -2.06. The second kappa shape index (κ2) is 4.91. The van der Waals surface area contributed by atoms with Crippen molar-refractivity contribution in [2.45, 2.75) is 13.5 Å². The van der Waals surface area contributed by atoms with E-state index in [1.807, 2.05) is 0 Å². The molecule has 0 spiro atoms. The molecule has 2 rings (SSSR count). The Morgan fingerprint density at radius 3 is 2.89 bits per heavy atom. The highest BCUT2D eigenvalue weighted by atomic mass is 19.1. The third-order valence-corrected chi connectivity index (χ3v) is 2.49. The van der Waals surface area contributed by atoms with Crippen molar-refractivity contribution < 1.29 is 23.4 Å². The minimum Gasteiger partial charge on any atom is -0.486 e. The van der Waals surface area contributed by atoms with Crippen molar-refractivity contribution >= 4 is 5.97 Å². The molecule has 0 aliphatic heterocycles. The summed E-state index contributed by atoms with van der Waals surface area (Å²) in [6.45, 7) is 1.59. The fraction of sp³-hybridized carbons (Fsp3) is 0.154. The Morgan fingerprint density at radius 2 is 2.22 bits per heavy atom. The molecule has 0 aliphatic carbocycles. The van der Waals surface area contributed by atoms with Gasteiger partial charge in [0.25, 0.3) is 0 Å². The maximum atomic E-state index is 13.3. The first-order chi connectivity index (χ1) is 8.58. The zero-order valence-corrected chi connectivity index (χ0v) is 9.64. The summed E-state index contributed by atoms with van der Waals surface area (Å²) in [5.74, 6) is -0.933. The lowest BCUT2D eigenvalue weighted by atomic mass is 10.2. The monoisotopic (exact) mass is 250 g/mol. The molecule has 18 heavy (non-hydrogen) atoms. The van der Waals surface area contributed by atoms with E-state index in [9.17, 15) is 9.18 Å². The number of carboxylic acid groups (broad SMARTS) is 1. The van der Waals surface area contributed by atoms with Crippen molar-refractivity contribution in [3.05, 3.63) is 53.2 Å². The first-order valence-electron chi connectivity index (χ1n) is 5.26. The van der Waals surface area contributed by atoms with Gasteiger partial charge in [0, 0.05) is 6.07 Å². The Bertz CT molecular complexity index is 574. The summed E-state index contributed by atoms with van der Waals surface area (Å²) >= 11 is 0. The van der Waals surface area contributed by atoms with Crippen LogP contribution in [0, 0.1) is 12.7 Å². The van der Waals surface area contributed by atoms with Gasteiger partial charge in [0.1, 0.15) is 23.7 Å². The summed E-state index contributed by atoms with van der Waals surface area (Å²) in [4.78, 5) is 10.8. The van der Waals surface area contributed by atoms with E-state index < -0.39 is 5.97 Å². The fourth-order valence-electron chi connectivity index (χ4n) is 1.46. The average Bonchev–Trinajstić information content (AvgIpc) is 2.79. The molecule has 94 valence electrons. The minimum absolute atomic E-state index is 0.0441. The topological polar surface area (TPSA) is 59.7 Å². The lowest BCUT2D eigenvalue weighted by molar-refractivity contribution is 0.0692. The van der Waals surface area contributed by atoms with Crippen LogP contribution in [-0.2, 0) is 6.61 Å². The Hall–Kier alpha value is -2.30. The van der Waals surface area contributed by atoms with Gasteiger partial charge in [-0.05, 0) is 24.6 Å². The van der Waals surface area contributed by atoms with Crippen LogP contribution in [0.4, 0.5) is 4.39 Å². The van der Waals surface area contributed by atoms with Gasteiger partial charge in [0.2, 0.25) is 0 Å². The van der Waals surface area contributed by atoms with E-state index in [1.54, 1.807) is 19.1 Å². The zero-order valence-electron chi connectivity index (χ0n) is 9.64. The Balaban J connectivity index is 2.09. The number of halogens is 1. The molecule has 0 unspecified atom stereocenters. The Labute approximate surface area is 103 Å². The van der Waals surface area contributed by atoms with Crippen molar-refractivity contribution in [2.75, 3.05) is 0 Å². The summed E-state index contributed by atoms with van der Waals surface area (Å²) < 4.78 is 23.5. The SMILES string of the molecule is Cc1ccc(OCc2occc2C(=O)O)cc1F. The highest BCUT2D eigenvalue weighted by Crippen LogP contribution is 2.18. The molecule has 1 aromatic heterocycles. The molecule has 2 aromatic rings. The third-order valence-electron chi connectivity index (χ3n) is 2.49. The first-order valence-corrected chi connectivity index (χ1v) is 5.26. The number of benzene rings is 1. The summed E-state index contributed by atoms with van der Waals surface area (Å²) in [7, 11) is 0. The van der Waals surface area contributed by atoms with Crippen LogP contribution in [0.5, 0.6) is 5.75 Å². The van der Waals surface area contributed by atoms with Gasteiger partial charge in [-0.3, -0.25) is 0 Å². The van der Waals surface area contributed by atoms with Gasteiger partial charge in [-0.15, -0.1) is 0 Å². The molecule has 4 nitrogen and oxygen atoms in total. The smallest absolute Gasteiger partial charge is 0.339 e. The third kappa shape index (κ3) is 2.51. The molecule has 0 saturated carbocycles. The van der Waals surface area contributed by atoms with Crippen molar-refractivity contribution in [3.8, 4) is 5.75 Å². The second-order valence-corrected chi connectivity index (χ2v) is 3.76. The van der Waals surface area contributed by atoms with Gasteiger partial charge in [0.15, 0.2) is 5.76 Å². The van der Waals surface area contributed by atoms with Crippen LogP contribution < -0.4 is 4.74 Å². The number of carbonyl (C=O) groups is 1. The normalized spacial score (nSPS) is 10.3. The number of ether oxygens (including phenoxy) is 1. The first kappa shape index (κ1) is 12.2. The van der Waals surface area contributed by atoms with Crippen LogP contribution in [0.25, 0.3) is 0 Å². The summed E-state index contributed by atoms with van der Waals surface area (Å²) in [6.07, 6.45) is 1.28. The number of carboxylic acids is 1. The number of aromatic carboxylic acids is 1. The maximum absolute atomic E-state index is 13.3. The van der Waals surface area contributed by atoms with E-state index in [0.29, 0.717) is 11.3 Å². The second-order valence-electron chi connectivity index (χ2n) is 3.76. The minimum atomic E-state index is -1.09. The summed E-state index contributed by atoms with van der Waals surface area (Å²) in [5.41, 5.74) is 0.564.